The third kappa shape index (κ3) is 2.06. The van der Waals surface area contributed by atoms with Gasteiger partial charge in [0.15, 0.2) is 17.3 Å². The topological polar surface area (TPSA) is 124 Å². The van der Waals surface area contributed by atoms with Crippen molar-refractivity contribution in [2.75, 3.05) is 12.3 Å². The van der Waals surface area contributed by atoms with E-state index in [4.69, 9.17) is 10.5 Å². The van der Waals surface area contributed by atoms with Crippen LogP contribution in [-0.2, 0) is 4.74 Å². The first-order valence-corrected chi connectivity index (χ1v) is 7.30. The van der Waals surface area contributed by atoms with E-state index in [0.29, 0.717) is 33.8 Å². The number of aromatic amines is 1. The third-order valence-corrected chi connectivity index (χ3v) is 3.56. The SMILES string of the molecule is CCOC(=O)c1c(-c2nc3ncnc(N)c3[nH]2)nn2ccccc12. The number of aromatic nitrogens is 6. The van der Waals surface area contributed by atoms with E-state index in [2.05, 4.69) is 25.0 Å². The quantitative estimate of drug-likeness (QED) is 0.546. The number of nitrogens with zero attached hydrogens (tertiary/aromatic N) is 5. The Kier molecular flexibility index (Phi) is 3.12. The Morgan fingerprint density at radius 2 is 2.25 bits per heavy atom. The van der Waals surface area contributed by atoms with Crippen LogP contribution in [0.15, 0.2) is 30.7 Å². The molecular weight excluding hydrogens is 310 g/mol. The van der Waals surface area contributed by atoms with Crippen molar-refractivity contribution in [3.63, 3.8) is 0 Å². The van der Waals surface area contributed by atoms with Crippen LogP contribution in [0.1, 0.15) is 17.3 Å². The maximum Gasteiger partial charge on any atom is 0.342 e. The number of anilines is 1. The second kappa shape index (κ2) is 5.30. The van der Waals surface area contributed by atoms with E-state index in [-0.39, 0.29) is 12.4 Å². The number of nitrogens with one attached hydrogen (secondary N) is 1. The number of hydrogen-bond acceptors (Lipinski definition) is 7. The van der Waals surface area contributed by atoms with Gasteiger partial charge in [-0.3, -0.25) is 0 Å². The van der Waals surface area contributed by atoms with Gasteiger partial charge in [0.05, 0.1) is 12.1 Å². The van der Waals surface area contributed by atoms with Crippen molar-refractivity contribution in [3.8, 4) is 11.5 Å². The number of rotatable bonds is 3. The van der Waals surface area contributed by atoms with Crippen LogP contribution in [0, 0.1) is 0 Å². The number of pyridine rings is 1. The molecule has 4 rings (SSSR count). The average Bonchev–Trinajstić information content (AvgIpc) is 3.17. The predicted molar refractivity (Wildman–Crippen MR) is 86.2 cm³/mol. The molecule has 9 nitrogen and oxygen atoms in total. The molecule has 3 N–H and O–H groups in total. The van der Waals surface area contributed by atoms with E-state index in [1.165, 1.54) is 6.33 Å². The van der Waals surface area contributed by atoms with Crippen LogP contribution in [0.3, 0.4) is 0 Å². The lowest BCUT2D eigenvalue weighted by molar-refractivity contribution is 0.0529. The van der Waals surface area contributed by atoms with Crippen LogP contribution in [-0.4, -0.2) is 42.1 Å². The lowest BCUT2D eigenvalue weighted by Gasteiger charge is -2.01. The molecule has 120 valence electrons. The van der Waals surface area contributed by atoms with Crippen LogP contribution in [0.2, 0.25) is 0 Å². The number of nitrogens with two attached hydrogens (primary N) is 1. The molecule has 0 amide bonds. The molecule has 0 aliphatic carbocycles. The Morgan fingerprint density at radius 1 is 1.38 bits per heavy atom. The van der Waals surface area contributed by atoms with Gasteiger partial charge in [-0.2, -0.15) is 5.10 Å². The molecule has 24 heavy (non-hydrogen) atoms. The number of ether oxygens (including phenoxy) is 1. The standard InChI is InChI=1S/C15H13N7O2/c1-2-24-15(23)9-8-5-3-4-6-22(8)21-10(9)14-19-11-12(16)17-7-18-13(11)20-14/h3-7H,2H2,1H3,(H3,16,17,18,19,20). The van der Waals surface area contributed by atoms with Crippen molar-refractivity contribution < 1.29 is 9.53 Å². The first-order valence-electron chi connectivity index (χ1n) is 7.30. The molecule has 4 aromatic rings. The van der Waals surface area contributed by atoms with E-state index in [1.807, 2.05) is 12.1 Å². The van der Waals surface area contributed by atoms with Gasteiger partial charge < -0.3 is 15.5 Å². The van der Waals surface area contributed by atoms with Gasteiger partial charge >= 0.3 is 5.97 Å². The van der Waals surface area contributed by atoms with E-state index in [1.54, 1.807) is 23.7 Å². The molecule has 0 fully saturated rings. The summed E-state index contributed by atoms with van der Waals surface area (Å²) in [5.41, 5.74) is 8.07. The third-order valence-electron chi connectivity index (χ3n) is 3.56. The summed E-state index contributed by atoms with van der Waals surface area (Å²) in [6.45, 7) is 2.02. The Bertz CT molecular complexity index is 1070. The highest BCUT2D eigenvalue weighted by Crippen LogP contribution is 2.27. The monoisotopic (exact) mass is 323 g/mol. The summed E-state index contributed by atoms with van der Waals surface area (Å²) < 4.78 is 6.77. The van der Waals surface area contributed by atoms with Crippen molar-refractivity contribution in [2.45, 2.75) is 6.92 Å². The van der Waals surface area contributed by atoms with E-state index >= 15 is 0 Å². The Morgan fingerprint density at radius 3 is 3.04 bits per heavy atom. The van der Waals surface area contributed by atoms with Gasteiger partial charge in [0.2, 0.25) is 0 Å². The number of carbonyl (C=O) groups excluding carboxylic acids is 1. The molecule has 0 saturated carbocycles. The molecular formula is C15H13N7O2. The molecule has 0 unspecified atom stereocenters. The van der Waals surface area contributed by atoms with Crippen LogP contribution < -0.4 is 5.73 Å². The van der Waals surface area contributed by atoms with E-state index < -0.39 is 5.97 Å². The fourth-order valence-electron chi connectivity index (χ4n) is 2.53. The molecule has 0 bridgehead atoms. The maximum atomic E-state index is 12.4. The van der Waals surface area contributed by atoms with Crippen LogP contribution in [0.25, 0.3) is 28.2 Å². The van der Waals surface area contributed by atoms with Gasteiger partial charge in [-0.15, -0.1) is 0 Å². The zero-order chi connectivity index (χ0) is 16.7. The largest absolute Gasteiger partial charge is 0.462 e. The average molecular weight is 323 g/mol. The highest BCUT2D eigenvalue weighted by molar-refractivity contribution is 6.03. The van der Waals surface area contributed by atoms with Crippen molar-refractivity contribution >= 4 is 28.5 Å². The lowest BCUT2D eigenvalue weighted by atomic mass is 10.2. The number of esters is 1. The second-order valence-electron chi connectivity index (χ2n) is 5.02. The summed E-state index contributed by atoms with van der Waals surface area (Å²) in [6.07, 6.45) is 3.08. The summed E-state index contributed by atoms with van der Waals surface area (Å²) in [4.78, 5) is 27.8. The maximum absolute atomic E-state index is 12.4. The Balaban J connectivity index is 1.99. The summed E-state index contributed by atoms with van der Waals surface area (Å²) in [5, 5.41) is 4.44. The molecule has 0 aliphatic rings. The molecule has 0 aromatic carbocycles. The number of H-pyrrole nitrogens is 1. The molecule has 9 heteroatoms. The zero-order valence-electron chi connectivity index (χ0n) is 12.7. The van der Waals surface area contributed by atoms with Gasteiger partial charge in [0.25, 0.3) is 0 Å². The second-order valence-corrected chi connectivity index (χ2v) is 5.02. The minimum absolute atomic E-state index is 0.265. The number of carbonyl (C=O) groups is 1. The van der Waals surface area contributed by atoms with E-state index in [0.717, 1.165) is 0 Å². The Labute approximate surface area is 135 Å². The molecule has 0 saturated heterocycles. The smallest absolute Gasteiger partial charge is 0.342 e. The summed E-state index contributed by atoms with van der Waals surface area (Å²) in [5.74, 6) is 0.192. The van der Waals surface area contributed by atoms with Crippen molar-refractivity contribution in [2.24, 2.45) is 0 Å². The van der Waals surface area contributed by atoms with Crippen molar-refractivity contribution in [1.29, 1.82) is 0 Å². The summed E-state index contributed by atoms with van der Waals surface area (Å²) >= 11 is 0. The molecule has 0 radical (unpaired) electrons. The normalized spacial score (nSPS) is 11.2. The number of hydrogen-bond donors (Lipinski definition) is 2. The van der Waals surface area contributed by atoms with Crippen LogP contribution >= 0.6 is 0 Å². The van der Waals surface area contributed by atoms with Crippen molar-refractivity contribution in [3.05, 3.63) is 36.3 Å². The fraction of sp³-hybridized carbons (Fsp3) is 0.133. The molecule has 0 aliphatic heterocycles. The van der Waals surface area contributed by atoms with Gasteiger partial charge in [0, 0.05) is 6.20 Å². The van der Waals surface area contributed by atoms with Gasteiger partial charge in [0.1, 0.15) is 23.1 Å². The van der Waals surface area contributed by atoms with Gasteiger partial charge in [-0.05, 0) is 19.1 Å². The first-order chi connectivity index (χ1) is 11.7. The zero-order valence-corrected chi connectivity index (χ0v) is 12.7. The van der Waals surface area contributed by atoms with Crippen molar-refractivity contribution in [1.82, 2.24) is 29.5 Å². The minimum Gasteiger partial charge on any atom is -0.462 e. The molecule has 4 heterocycles. The number of nitrogen functional groups attached to an aromatic ring is 1. The minimum atomic E-state index is -0.465. The lowest BCUT2D eigenvalue weighted by Crippen LogP contribution is -2.06. The Hall–Kier alpha value is -3.49. The van der Waals surface area contributed by atoms with Gasteiger partial charge in [-0.25, -0.2) is 24.3 Å². The fourth-order valence-corrected chi connectivity index (χ4v) is 2.53. The highest BCUT2D eigenvalue weighted by Gasteiger charge is 2.24. The predicted octanol–water partition coefficient (Wildman–Crippen LogP) is 1.43. The number of imidazole rings is 1. The molecule has 4 aromatic heterocycles. The summed E-state index contributed by atoms with van der Waals surface area (Å²) in [7, 11) is 0. The highest BCUT2D eigenvalue weighted by atomic mass is 16.5. The van der Waals surface area contributed by atoms with Gasteiger partial charge in [-0.1, -0.05) is 6.07 Å². The first kappa shape index (κ1) is 14.1. The molecule has 0 atom stereocenters. The van der Waals surface area contributed by atoms with Crippen LogP contribution in [0.4, 0.5) is 5.82 Å². The van der Waals surface area contributed by atoms with Crippen LogP contribution in [0.5, 0.6) is 0 Å². The molecule has 0 spiro atoms. The van der Waals surface area contributed by atoms with E-state index in [9.17, 15) is 4.79 Å². The number of fused-ring (bicyclic) bond motifs is 2. The summed E-state index contributed by atoms with van der Waals surface area (Å²) in [6, 6.07) is 5.44.